The quantitative estimate of drug-likeness (QED) is 0.457. The monoisotopic (exact) mass is 379 g/mol. The molecule has 1 N–H and O–H groups in total. The molecule has 3 rings (SSSR count). The number of carbonyl (C=O) groups is 2. The molecule has 28 heavy (non-hydrogen) atoms. The molecule has 146 valence electrons. The van der Waals surface area contributed by atoms with E-state index in [1.54, 1.807) is 0 Å². The molecular weight excluding hydrogens is 354 g/mol. The fraction of sp³-hybridized carbons (Fsp3) is 0.348. The standard InChI is InChI=1S/C23H25NO4/c1-23(2)13-18(22(20(26)14-23)19(25)10-11-21(27)28-3)24-17-9-8-15-6-4-5-7-16(15)12-17/h4-9,12,25H,10-11,13-14H2,1-3H3/b22-19+,24-18?. The van der Waals surface area contributed by atoms with Crippen molar-refractivity contribution >= 4 is 33.9 Å². The summed E-state index contributed by atoms with van der Waals surface area (Å²) in [6.45, 7) is 4.03. The number of carbonyl (C=O) groups excluding carboxylic acids is 2. The van der Waals surface area contributed by atoms with Crippen LogP contribution in [0.1, 0.15) is 39.5 Å². The summed E-state index contributed by atoms with van der Waals surface area (Å²) in [7, 11) is 1.30. The van der Waals surface area contributed by atoms with E-state index < -0.39 is 5.97 Å². The number of esters is 1. The fourth-order valence-electron chi connectivity index (χ4n) is 3.56. The second kappa shape index (κ2) is 7.97. The van der Waals surface area contributed by atoms with Crippen molar-refractivity contribution in [1.29, 1.82) is 0 Å². The van der Waals surface area contributed by atoms with E-state index in [0.29, 0.717) is 18.6 Å². The summed E-state index contributed by atoms with van der Waals surface area (Å²) in [5, 5.41) is 12.7. The van der Waals surface area contributed by atoms with Crippen molar-refractivity contribution in [2.75, 3.05) is 7.11 Å². The molecule has 0 amide bonds. The average molecular weight is 379 g/mol. The van der Waals surface area contributed by atoms with Gasteiger partial charge in [0, 0.05) is 12.8 Å². The number of benzene rings is 2. The van der Waals surface area contributed by atoms with Gasteiger partial charge in [0.25, 0.3) is 0 Å². The average Bonchev–Trinajstić information content (AvgIpc) is 2.64. The minimum Gasteiger partial charge on any atom is -0.511 e. The molecule has 0 atom stereocenters. The highest BCUT2D eigenvalue weighted by atomic mass is 16.5. The van der Waals surface area contributed by atoms with E-state index in [1.807, 2.05) is 56.3 Å². The highest BCUT2D eigenvalue weighted by Crippen LogP contribution is 2.37. The lowest BCUT2D eigenvalue weighted by Gasteiger charge is -2.31. The molecule has 0 saturated heterocycles. The van der Waals surface area contributed by atoms with E-state index in [0.717, 1.165) is 16.5 Å². The van der Waals surface area contributed by atoms with Gasteiger partial charge in [-0.3, -0.25) is 14.6 Å². The number of aliphatic imine (C=N–C) groups is 1. The number of rotatable bonds is 4. The molecule has 1 aliphatic carbocycles. The maximum absolute atomic E-state index is 12.8. The first-order valence-corrected chi connectivity index (χ1v) is 9.38. The molecule has 5 nitrogen and oxygen atoms in total. The summed E-state index contributed by atoms with van der Waals surface area (Å²) < 4.78 is 4.62. The zero-order valence-electron chi connectivity index (χ0n) is 16.5. The Hall–Kier alpha value is -2.95. The highest BCUT2D eigenvalue weighted by Gasteiger charge is 2.36. The van der Waals surface area contributed by atoms with E-state index in [2.05, 4.69) is 4.74 Å². The molecule has 0 unspecified atom stereocenters. The molecule has 0 bridgehead atoms. The van der Waals surface area contributed by atoms with Gasteiger partial charge in [-0.25, -0.2) is 0 Å². The third-order valence-corrected chi connectivity index (χ3v) is 4.93. The minimum atomic E-state index is -0.427. The third-order valence-electron chi connectivity index (χ3n) is 4.93. The number of fused-ring (bicyclic) bond motifs is 1. The molecule has 2 aromatic rings. The number of aliphatic hydroxyl groups is 1. The van der Waals surface area contributed by atoms with Crippen LogP contribution in [0.2, 0.25) is 0 Å². The van der Waals surface area contributed by atoms with Gasteiger partial charge in [-0.1, -0.05) is 44.2 Å². The Morgan fingerprint density at radius 3 is 2.54 bits per heavy atom. The molecular formula is C23H25NO4. The third kappa shape index (κ3) is 4.47. The van der Waals surface area contributed by atoms with Crippen LogP contribution in [-0.4, -0.2) is 29.7 Å². The van der Waals surface area contributed by atoms with Crippen LogP contribution >= 0.6 is 0 Å². The molecule has 1 aliphatic rings. The van der Waals surface area contributed by atoms with Crippen LogP contribution in [0, 0.1) is 5.41 Å². The first-order chi connectivity index (χ1) is 13.3. The predicted molar refractivity (Wildman–Crippen MR) is 110 cm³/mol. The van der Waals surface area contributed by atoms with Gasteiger partial charge >= 0.3 is 5.97 Å². The van der Waals surface area contributed by atoms with Gasteiger partial charge < -0.3 is 9.84 Å². The number of methoxy groups -OCH3 is 1. The summed E-state index contributed by atoms with van der Waals surface area (Å²) in [6.07, 6.45) is 0.987. The van der Waals surface area contributed by atoms with Crippen LogP contribution in [0.5, 0.6) is 0 Å². The molecule has 0 spiro atoms. The van der Waals surface area contributed by atoms with E-state index >= 15 is 0 Å². The van der Waals surface area contributed by atoms with E-state index in [1.165, 1.54) is 7.11 Å². The number of hydrogen-bond acceptors (Lipinski definition) is 5. The van der Waals surface area contributed by atoms with Crippen LogP contribution in [0.25, 0.3) is 10.8 Å². The predicted octanol–water partition coefficient (Wildman–Crippen LogP) is 5.07. The van der Waals surface area contributed by atoms with Gasteiger partial charge in [0.1, 0.15) is 5.76 Å². The van der Waals surface area contributed by atoms with Gasteiger partial charge in [0.15, 0.2) is 5.78 Å². The smallest absolute Gasteiger partial charge is 0.305 e. The lowest BCUT2D eigenvalue weighted by atomic mass is 9.73. The fourth-order valence-corrected chi connectivity index (χ4v) is 3.56. The van der Waals surface area contributed by atoms with Crippen LogP contribution < -0.4 is 0 Å². The summed E-state index contributed by atoms with van der Waals surface area (Å²) in [5.74, 6) is -0.660. The molecule has 0 aliphatic heterocycles. The molecule has 2 aromatic carbocycles. The molecule has 5 heteroatoms. The Morgan fingerprint density at radius 2 is 1.82 bits per heavy atom. The lowest BCUT2D eigenvalue weighted by Crippen LogP contribution is -2.32. The largest absolute Gasteiger partial charge is 0.511 e. The molecule has 1 saturated carbocycles. The molecule has 0 heterocycles. The Kier molecular flexibility index (Phi) is 5.63. The number of nitrogens with zero attached hydrogens (tertiary/aromatic N) is 1. The van der Waals surface area contributed by atoms with Crippen molar-refractivity contribution in [2.24, 2.45) is 10.4 Å². The number of aliphatic hydroxyl groups excluding tert-OH is 1. The number of hydrogen-bond donors (Lipinski definition) is 1. The lowest BCUT2D eigenvalue weighted by molar-refractivity contribution is -0.140. The highest BCUT2D eigenvalue weighted by molar-refractivity contribution is 6.25. The first kappa shape index (κ1) is 19.8. The van der Waals surface area contributed by atoms with Crippen LogP contribution in [0.3, 0.4) is 0 Å². The van der Waals surface area contributed by atoms with Gasteiger partial charge in [-0.05, 0) is 34.7 Å². The van der Waals surface area contributed by atoms with E-state index in [9.17, 15) is 14.7 Å². The van der Waals surface area contributed by atoms with Crippen molar-refractivity contribution in [3.8, 4) is 0 Å². The van der Waals surface area contributed by atoms with Gasteiger partial charge in [0.05, 0.1) is 30.5 Å². The Bertz CT molecular complexity index is 985. The van der Waals surface area contributed by atoms with Crippen molar-refractivity contribution < 1.29 is 19.4 Å². The number of ketones is 1. The zero-order valence-corrected chi connectivity index (χ0v) is 16.5. The molecule has 0 radical (unpaired) electrons. The topological polar surface area (TPSA) is 76.0 Å². The first-order valence-electron chi connectivity index (χ1n) is 9.38. The summed E-state index contributed by atoms with van der Waals surface area (Å²) >= 11 is 0. The van der Waals surface area contributed by atoms with Crippen molar-refractivity contribution in [1.82, 2.24) is 0 Å². The van der Waals surface area contributed by atoms with Crippen LogP contribution in [0.15, 0.2) is 58.8 Å². The summed E-state index contributed by atoms with van der Waals surface area (Å²) in [4.78, 5) is 28.9. The van der Waals surface area contributed by atoms with Crippen LogP contribution in [0.4, 0.5) is 5.69 Å². The maximum atomic E-state index is 12.8. The van der Waals surface area contributed by atoms with Gasteiger partial charge in [-0.15, -0.1) is 0 Å². The SMILES string of the molecule is COC(=O)CC/C(O)=C1\C(=O)CC(C)(C)CC1=Nc1ccc2ccccc2c1. The zero-order chi connectivity index (χ0) is 20.3. The number of Topliss-reactive ketones (excluding diaryl/α,β-unsaturated/α-hetero) is 1. The second-order valence-corrected chi connectivity index (χ2v) is 7.93. The summed E-state index contributed by atoms with van der Waals surface area (Å²) in [5.41, 5.74) is 1.31. The normalized spacial score (nSPS) is 19.7. The van der Waals surface area contributed by atoms with E-state index in [4.69, 9.17) is 4.99 Å². The second-order valence-electron chi connectivity index (χ2n) is 7.93. The van der Waals surface area contributed by atoms with Crippen LogP contribution in [-0.2, 0) is 14.3 Å². The Balaban J connectivity index is 2.02. The number of allylic oxidation sites excluding steroid dienone is 2. The van der Waals surface area contributed by atoms with Crippen molar-refractivity contribution in [2.45, 2.75) is 39.5 Å². The van der Waals surface area contributed by atoms with Crippen molar-refractivity contribution in [3.05, 3.63) is 53.8 Å². The maximum Gasteiger partial charge on any atom is 0.305 e. The molecule has 1 fully saturated rings. The minimum absolute atomic E-state index is 0.0196. The number of ether oxygens (including phenoxy) is 1. The van der Waals surface area contributed by atoms with E-state index in [-0.39, 0.29) is 35.4 Å². The Labute approximate surface area is 164 Å². The molecule has 0 aromatic heterocycles. The summed E-state index contributed by atoms with van der Waals surface area (Å²) in [6, 6.07) is 13.9. The van der Waals surface area contributed by atoms with Gasteiger partial charge in [0.2, 0.25) is 0 Å². The Morgan fingerprint density at radius 1 is 1.11 bits per heavy atom. The van der Waals surface area contributed by atoms with Crippen molar-refractivity contribution in [3.63, 3.8) is 0 Å². The van der Waals surface area contributed by atoms with Gasteiger partial charge in [-0.2, -0.15) is 0 Å².